The van der Waals surface area contributed by atoms with Gasteiger partial charge in [-0.3, -0.25) is 4.79 Å². The normalized spacial score (nSPS) is 21.0. The van der Waals surface area contributed by atoms with Crippen molar-refractivity contribution in [2.24, 2.45) is 10.8 Å². The van der Waals surface area contributed by atoms with E-state index in [-0.39, 0.29) is 11.4 Å². The van der Waals surface area contributed by atoms with E-state index in [4.69, 9.17) is 17.3 Å². The lowest BCUT2D eigenvalue weighted by Crippen LogP contribution is -2.33. The summed E-state index contributed by atoms with van der Waals surface area (Å²) in [5, 5.41) is 6.01. The van der Waals surface area contributed by atoms with Gasteiger partial charge >= 0.3 is 0 Å². The molecule has 1 heterocycles. The van der Waals surface area contributed by atoms with E-state index in [9.17, 15) is 4.79 Å². The molecule has 1 amide bonds. The van der Waals surface area contributed by atoms with E-state index in [0.717, 1.165) is 5.56 Å². The van der Waals surface area contributed by atoms with Gasteiger partial charge in [-0.2, -0.15) is 5.10 Å². The Balaban J connectivity index is 2.09. The highest BCUT2D eigenvalue weighted by atomic mass is 35.5. The fraction of sp³-hybridized carbons (Fsp3) is 0.200. The van der Waals surface area contributed by atoms with Gasteiger partial charge in [-0.25, -0.2) is 5.01 Å². The maximum absolute atomic E-state index is 11.4. The molecule has 1 aromatic carbocycles. The van der Waals surface area contributed by atoms with Gasteiger partial charge in [-0.1, -0.05) is 23.7 Å². The molecule has 0 bridgehead atoms. The first-order chi connectivity index (χ1) is 7.66. The van der Waals surface area contributed by atoms with E-state index in [1.54, 1.807) is 18.3 Å². The summed E-state index contributed by atoms with van der Waals surface area (Å²) in [6.07, 6.45) is 1.60. The van der Waals surface area contributed by atoms with Crippen molar-refractivity contribution in [2.75, 3.05) is 5.75 Å². The van der Waals surface area contributed by atoms with Crippen LogP contribution in [0.5, 0.6) is 0 Å². The van der Waals surface area contributed by atoms with Crippen LogP contribution in [0.2, 0.25) is 5.02 Å². The SMILES string of the molecule is NC1SCC(=O)N1/N=C/c1ccc(Cl)cc1. The summed E-state index contributed by atoms with van der Waals surface area (Å²) in [6, 6.07) is 7.18. The molecule has 1 atom stereocenters. The predicted octanol–water partition coefficient (Wildman–Crippen LogP) is 1.49. The van der Waals surface area contributed by atoms with Crippen LogP contribution >= 0.6 is 23.4 Å². The fourth-order valence-electron chi connectivity index (χ4n) is 1.24. The second-order valence-electron chi connectivity index (χ2n) is 3.24. The minimum atomic E-state index is -0.379. The molecule has 2 N–H and O–H groups in total. The zero-order valence-electron chi connectivity index (χ0n) is 8.34. The van der Waals surface area contributed by atoms with Gasteiger partial charge in [0, 0.05) is 5.02 Å². The molecule has 0 radical (unpaired) electrons. The number of hydrogen-bond acceptors (Lipinski definition) is 4. The van der Waals surface area contributed by atoms with Crippen LogP contribution in [0.3, 0.4) is 0 Å². The maximum atomic E-state index is 11.4. The van der Waals surface area contributed by atoms with Gasteiger partial charge in [0.05, 0.1) is 12.0 Å². The summed E-state index contributed by atoms with van der Waals surface area (Å²) in [6.45, 7) is 0. The highest BCUT2D eigenvalue weighted by Crippen LogP contribution is 2.20. The topological polar surface area (TPSA) is 58.7 Å². The highest BCUT2D eigenvalue weighted by Gasteiger charge is 2.28. The maximum Gasteiger partial charge on any atom is 0.255 e. The number of nitrogens with zero attached hydrogens (tertiary/aromatic N) is 2. The summed E-state index contributed by atoms with van der Waals surface area (Å²) in [4.78, 5) is 11.4. The summed E-state index contributed by atoms with van der Waals surface area (Å²) >= 11 is 7.12. The Morgan fingerprint density at radius 3 is 2.75 bits per heavy atom. The number of carbonyl (C=O) groups excluding carboxylic acids is 1. The molecule has 2 rings (SSSR count). The molecule has 16 heavy (non-hydrogen) atoms. The molecule has 1 aliphatic heterocycles. The zero-order chi connectivity index (χ0) is 11.5. The second-order valence-corrected chi connectivity index (χ2v) is 4.78. The van der Waals surface area contributed by atoms with E-state index in [1.807, 2.05) is 12.1 Å². The van der Waals surface area contributed by atoms with Crippen molar-refractivity contribution < 1.29 is 4.79 Å². The average molecular weight is 256 g/mol. The molecular formula is C10H10ClN3OS. The average Bonchev–Trinajstić information content (AvgIpc) is 2.59. The summed E-state index contributed by atoms with van der Waals surface area (Å²) < 4.78 is 0. The van der Waals surface area contributed by atoms with Crippen LogP contribution in [0.1, 0.15) is 5.56 Å². The van der Waals surface area contributed by atoms with Gasteiger partial charge in [0.1, 0.15) is 0 Å². The molecule has 0 aromatic heterocycles. The molecule has 1 aliphatic rings. The third-order valence-corrected chi connectivity index (χ3v) is 3.28. The molecule has 0 spiro atoms. The minimum absolute atomic E-state index is 0.0669. The number of carbonyl (C=O) groups is 1. The van der Waals surface area contributed by atoms with E-state index >= 15 is 0 Å². The van der Waals surface area contributed by atoms with Gasteiger partial charge in [-0.15, -0.1) is 11.8 Å². The van der Waals surface area contributed by atoms with Crippen molar-refractivity contribution in [2.45, 2.75) is 5.50 Å². The van der Waals surface area contributed by atoms with Crippen molar-refractivity contribution >= 4 is 35.5 Å². The Hall–Kier alpha value is -1.04. The van der Waals surface area contributed by atoms with Crippen LogP contribution in [-0.4, -0.2) is 28.4 Å². The van der Waals surface area contributed by atoms with E-state index in [0.29, 0.717) is 10.8 Å². The van der Waals surface area contributed by atoms with Crippen molar-refractivity contribution in [3.63, 3.8) is 0 Å². The molecular weight excluding hydrogens is 246 g/mol. The van der Waals surface area contributed by atoms with Crippen LogP contribution in [0.15, 0.2) is 29.4 Å². The number of thioether (sulfide) groups is 1. The Bertz CT molecular complexity index is 421. The Morgan fingerprint density at radius 1 is 1.50 bits per heavy atom. The Morgan fingerprint density at radius 2 is 2.19 bits per heavy atom. The lowest BCUT2D eigenvalue weighted by Gasteiger charge is -2.12. The van der Waals surface area contributed by atoms with Gasteiger partial charge in [-0.05, 0) is 17.7 Å². The minimum Gasteiger partial charge on any atom is -0.301 e. The molecule has 4 nitrogen and oxygen atoms in total. The smallest absolute Gasteiger partial charge is 0.255 e. The third-order valence-electron chi connectivity index (χ3n) is 2.08. The first-order valence-electron chi connectivity index (χ1n) is 4.65. The Kier molecular flexibility index (Phi) is 3.48. The summed E-state index contributed by atoms with van der Waals surface area (Å²) in [7, 11) is 0. The molecule has 1 saturated heterocycles. The molecule has 1 fully saturated rings. The number of benzene rings is 1. The number of amides is 1. The first kappa shape index (κ1) is 11.4. The van der Waals surface area contributed by atoms with Crippen molar-refractivity contribution in [3.8, 4) is 0 Å². The predicted molar refractivity (Wildman–Crippen MR) is 66.3 cm³/mol. The largest absolute Gasteiger partial charge is 0.301 e. The van der Waals surface area contributed by atoms with Crippen LogP contribution in [0, 0.1) is 0 Å². The molecule has 0 aliphatic carbocycles. The third kappa shape index (κ3) is 2.55. The molecule has 1 unspecified atom stereocenters. The lowest BCUT2D eigenvalue weighted by atomic mass is 10.2. The molecule has 0 saturated carbocycles. The van der Waals surface area contributed by atoms with Crippen molar-refractivity contribution in [3.05, 3.63) is 34.9 Å². The van der Waals surface area contributed by atoms with Crippen LogP contribution in [-0.2, 0) is 4.79 Å². The van der Waals surface area contributed by atoms with Crippen LogP contribution in [0.25, 0.3) is 0 Å². The van der Waals surface area contributed by atoms with Gasteiger partial charge in [0.15, 0.2) is 5.50 Å². The number of rotatable bonds is 2. The van der Waals surface area contributed by atoms with E-state index in [1.165, 1.54) is 16.8 Å². The van der Waals surface area contributed by atoms with Crippen molar-refractivity contribution in [1.29, 1.82) is 0 Å². The quantitative estimate of drug-likeness (QED) is 0.815. The number of halogens is 1. The van der Waals surface area contributed by atoms with Crippen molar-refractivity contribution in [1.82, 2.24) is 5.01 Å². The van der Waals surface area contributed by atoms with Crippen LogP contribution in [0.4, 0.5) is 0 Å². The zero-order valence-corrected chi connectivity index (χ0v) is 9.91. The summed E-state index contributed by atoms with van der Waals surface area (Å²) in [5.74, 6) is 0.321. The molecule has 6 heteroatoms. The fourth-order valence-corrected chi connectivity index (χ4v) is 2.13. The summed E-state index contributed by atoms with van der Waals surface area (Å²) in [5.41, 5.74) is 6.19. The number of nitrogens with two attached hydrogens (primary N) is 1. The van der Waals surface area contributed by atoms with Gasteiger partial charge in [0.25, 0.3) is 5.91 Å². The molecule has 84 valence electrons. The second kappa shape index (κ2) is 4.86. The number of hydrogen-bond donors (Lipinski definition) is 1. The highest BCUT2D eigenvalue weighted by molar-refractivity contribution is 8.00. The van der Waals surface area contributed by atoms with Crippen LogP contribution < -0.4 is 5.73 Å². The monoisotopic (exact) mass is 255 g/mol. The lowest BCUT2D eigenvalue weighted by molar-refractivity contribution is -0.127. The van der Waals surface area contributed by atoms with Gasteiger partial charge < -0.3 is 5.73 Å². The van der Waals surface area contributed by atoms with Gasteiger partial charge in [0.2, 0.25) is 0 Å². The van der Waals surface area contributed by atoms with E-state index < -0.39 is 0 Å². The standard InChI is InChI=1S/C10H10ClN3OS/c11-8-3-1-7(2-4-8)5-13-14-9(15)6-16-10(14)12/h1-5,10H,6,12H2/b13-5+. The number of hydrazone groups is 1. The Labute approximate surface area is 102 Å². The van der Waals surface area contributed by atoms with E-state index in [2.05, 4.69) is 5.10 Å². The molecule has 1 aromatic rings. The first-order valence-corrected chi connectivity index (χ1v) is 6.08.